The zero-order valence-electron chi connectivity index (χ0n) is 9.81. The Hall–Kier alpha value is -1.26. The summed E-state index contributed by atoms with van der Waals surface area (Å²) >= 11 is 1.79. The Bertz CT molecular complexity index is 503. The topological polar surface area (TPSA) is 37.8 Å². The van der Waals surface area contributed by atoms with Crippen LogP contribution in [0.15, 0.2) is 24.5 Å². The molecule has 3 nitrogen and oxygen atoms in total. The Morgan fingerprint density at radius 2 is 2.35 bits per heavy atom. The van der Waals surface area contributed by atoms with Crippen LogP contribution in [0.25, 0.3) is 10.6 Å². The Balaban J connectivity index is 1.98. The summed E-state index contributed by atoms with van der Waals surface area (Å²) in [5.74, 6) is 0.708. The third-order valence-corrected chi connectivity index (χ3v) is 4.06. The average Bonchev–Trinajstić information content (AvgIpc) is 3.13. The minimum Gasteiger partial charge on any atom is -0.315 e. The number of thiazole rings is 1. The van der Waals surface area contributed by atoms with Gasteiger partial charge in [0.1, 0.15) is 5.01 Å². The van der Waals surface area contributed by atoms with Crippen molar-refractivity contribution in [1.82, 2.24) is 15.3 Å². The Morgan fingerprint density at radius 3 is 3.00 bits per heavy atom. The van der Waals surface area contributed by atoms with Crippen molar-refractivity contribution in [1.29, 1.82) is 0 Å². The maximum absolute atomic E-state index is 4.80. The minimum atomic E-state index is 0.708. The number of nitrogens with zero attached hydrogens (tertiary/aromatic N) is 2. The van der Waals surface area contributed by atoms with Gasteiger partial charge in [-0.05, 0) is 32.0 Å². The van der Waals surface area contributed by atoms with Crippen LogP contribution in [0, 0.1) is 0 Å². The maximum Gasteiger partial charge on any atom is 0.125 e. The van der Waals surface area contributed by atoms with Gasteiger partial charge in [-0.25, -0.2) is 4.98 Å². The fourth-order valence-electron chi connectivity index (χ4n) is 1.94. The summed E-state index contributed by atoms with van der Waals surface area (Å²) in [4.78, 5) is 10.3. The van der Waals surface area contributed by atoms with Crippen LogP contribution in [0.3, 0.4) is 0 Å². The minimum absolute atomic E-state index is 0.708. The van der Waals surface area contributed by atoms with E-state index in [1.807, 2.05) is 19.3 Å². The van der Waals surface area contributed by atoms with Crippen LogP contribution in [0.2, 0.25) is 0 Å². The van der Waals surface area contributed by atoms with Gasteiger partial charge >= 0.3 is 0 Å². The van der Waals surface area contributed by atoms with E-state index in [-0.39, 0.29) is 0 Å². The molecule has 1 N–H and O–H groups in total. The molecular weight excluding hydrogens is 230 g/mol. The Labute approximate surface area is 105 Å². The average molecular weight is 245 g/mol. The maximum atomic E-state index is 4.80. The molecule has 0 atom stereocenters. The van der Waals surface area contributed by atoms with Crippen molar-refractivity contribution in [3.8, 4) is 10.6 Å². The van der Waals surface area contributed by atoms with Crippen molar-refractivity contribution in [2.45, 2.75) is 25.3 Å². The molecule has 2 aromatic rings. The second-order valence-corrected chi connectivity index (χ2v) is 5.46. The summed E-state index contributed by atoms with van der Waals surface area (Å²) in [7, 11) is 1.99. The number of pyridine rings is 1. The van der Waals surface area contributed by atoms with Gasteiger partial charge < -0.3 is 5.32 Å². The molecule has 0 amide bonds. The van der Waals surface area contributed by atoms with E-state index < -0.39 is 0 Å². The molecule has 0 saturated heterocycles. The zero-order valence-corrected chi connectivity index (χ0v) is 10.6. The van der Waals surface area contributed by atoms with E-state index in [0.29, 0.717) is 5.92 Å². The van der Waals surface area contributed by atoms with E-state index in [2.05, 4.69) is 16.4 Å². The first-order chi connectivity index (χ1) is 8.38. The summed E-state index contributed by atoms with van der Waals surface area (Å²) in [6.45, 7) is 0.920. The van der Waals surface area contributed by atoms with Gasteiger partial charge in [0, 0.05) is 35.3 Å². The van der Waals surface area contributed by atoms with Gasteiger partial charge in [0.15, 0.2) is 0 Å². The Kier molecular flexibility index (Phi) is 2.91. The summed E-state index contributed by atoms with van der Waals surface area (Å²) < 4.78 is 0. The molecule has 4 heteroatoms. The highest BCUT2D eigenvalue weighted by Crippen LogP contribution is 2.44. The van der Waals surface area contributed by atoms with Crippen molar-refractivity contribution >= 4 is 11.3 Å². The van der Waals surface area contributed by atoms with E-state index >= 15 is 0 Å². The molecule has 3 rings (SSSR count). The number of aromatic nitrogens is 2. The third-order valence-electron chi connectivity index (χ3n) is 2.94. The standard InChI is InChI=1S/C13H15N3S/c1-14-8-11-12(9-4-5-9)16-13(17-11)10-3-2-6-15-7-10/h2-3,6-7,9,14H,4-5,8H2,1H3. The van der Waals surface area contributed by atoms with Crippen molar-refractivity contribution in [2.75, 3.05) is 7.05 Å². The number of hydrogen-bond acceptors (Lipinski definition) is 4. The number of nitrogens with one attached hydrogen (secondary N) is 1. The van der Waals surface area contributed by atoms with Crippen LogP contribution in [-0.2, 0) is 6.54 Å². The van der Waals surface area contributed by atoms with Gasteiger partial charge in [0.2, 0.25) is 0 Å². The molecule has 0 unspecified atom stereocenters. The van der Waals surface area contributed by atoms with E-state index in [9.17, 15) is 0 Å². The van der Waals surface area contributed by atoms with Crippen LogP contribution in [0.1, 0.15) is 29.3 Å². The largest absolute Gasteiger partial charge is 0.315 e. The lowest BCUT2D eigenvalue weighted by molar-refractivity contribution is 0.813. The summed E-state index contributed by atoms with van der Waals surface area (Å²) in [6.07, 6.45) is 6.28. The van der Waals surface area contributed by atoms with Gasteiger partial charge in [0.25, 0.3) is 0 Å². The van der Waals surface area contributed by atoms with Crippen molar-refractivity contribution in [3.63, 3.8) is 0 Å². The molecule has 2 heterocycles. The molecule has 0 aromatic carbocycles. The van der Waals surface area contributed by atoms with Crippen LogP contribution in [-0.4, -0.2) is 17.0 Å². The Morgan fingerprint density at radius 1 is 1.47 bits per heavy atom. The lowest BCUT2D eigenvalue weighted by atomic mass is 10.2. The molecule has 1 aliphatic carbocycles. The monoisotopic (exact) mass is 245 g/mol. The van der Waals surface area contributed by atoms with E-state index in [1.165, 1.54) is 23.4 Å². The summed E-state index contributed by atoms with van der Waals surface area (Å²) in [5.41, 5.74) is 2.44. The molecule has 0 aliphatic heterocycles. The quantitative estimate of drug-likeness (QED) is 0.900. The smallest absolute Gasteiger partial charge is 0.125 e. The van der Waals surface area contributed by atoms with Gasteiger partial charge in [-0.2, -0.15) is 0 Å². The van der Waals surface area contributed by atoms with Gasteiger partial charge in [-0.15, -0.1) is 11.3 Å². The van der Waals surface area contributed by atoms with Crippen LogP contribution in [0.4, 0.5) is 0 Å². The van der Waals surface area contributed by atoms with Crippen LogP contribution < -0.4 is 5.32 Å². The second-order valence-electron chi connectivity index (χ2n) is 4.37. The first-order valence-corrected chi connectivity index (χ1v) is 6.74. The summed E-state index contributed by atoms with van der Waals surface area (Å²) in [6, 6.07) is 4.04. The normalized spacial score (nSPS) is 15.1. The molecule has 17 heavy (non-hydrogen) atoms. The first kappa shape index (κ1) is 10.9. The van der Waals surface area contributed by atoms with Crippen molar-refractivity contribution in [3.05, 3.63) is 35.1 Å². The highest BCUT2D eigenvalue weighted by molar-refractivity contribution is 7.15. The first-order valence-electron chi connectivity index (χ1n) is 5.93. The lowest BCUT2D eigenvalue weighted by Gasteiger charge is -1.97. The molecular formula is C13H15N3S. The third kappa shape index (κ3) is 2.23. The molecule has 1 fully saturated rings. The second kappa shape index (κ2) is 4.55. The fourth-order valence-corrected chi connectivity index (χ4v) is 3.09. The van der Waals surface area contributed by atoms with Gasteiger partial charge in [0.05, 0.1) is 5.69 Å². The van der Waals surface area contributed by atoms with Crippen LogP contribution in [0.5, 0.6) is 0 Å². The molecule has 0 spiro atoms. The fraction of sp³-hybridized carbons (Fsp3) is 0.385. The highest BCUT2D eigenvalue weighted by atomic mass is 32.1. The van der Waals surface area contributed by atoms with Crippen molar-refractivity contribution in [2.24, 2.45) is 0 Å². The molecule has 0 radical (unpaired) electrons. The molecule has 88 valence electrons. The zero-order chi connectivity index (χ0) is 11.7. The van der Waals surface area contributed by atoms with Crippen molar-refractivity contribution < 1.29 is 0 Å². The van der Waals surface area contributed by atoms with E-state index in [4.69, 9.17) is 4.98 Å². The SMILES string of the molecule is CNCc1sc(-c2cccnc2)nc1C1CC1. The van der Waals surface area contributed by atoms with Gasteiger partial charge in [-0.3, -0.25) is 4.98 Å². The summed E-state index contributed by atoms with van der Waals surface area (Å²) in [5, 5.41) is 4.33. The lowest BCUT2D eigenvalue weighted by Crippen LogP contribution is -2.05. The van der Waals surface area contributed by atoms with E-state index in [1.54, 1.807) is 17.5 Å². The molecule has 1 aliphatic rings. The van der Waals surface area contributed by atoms with Crippen LogP contribution >= 0.6 is 11.3 Å². The van der Waals surface area contributed by atoms with Gasteiger partial charge in [-0.1, -0.05) is 0 Å². The van der Waals surface area contributed by atoms with E-state index in [0.717, 1.165) is 17.1 Å². The predicted molar refractivity (Wildman–Crippen MR) is 70.1 cm³/mol. The molecule has 1 saturated carbocycles. The highest BCUT2D eigenvalue weighted by Gasteiger charge is 2.29. The molecule has 2 aromatic heterocycles. The predicted octanol–water partition coefficient (Wildman–Crippen LogP) is 2.80. The molecule has 0 bridgehead atoms. The number of rotatable bonds is 4. The number of hydrogen-bond donors (Lipinski definition) is 1.